The van der Waals surface area contributed by atoms with Crippen molar-refractivity contribution >= 4 is 153 Å². The molecule has 810 valence electrons. The van der Waals surface area contributed by atoms with E-state index in [2.05, 4.69) is 113 Å². The standard InChI is InChI=1S/C78H136N31O31P3S/c1-41(96-44(4)111)65(119)100-49(19-13-25-89-76(83)84)68(122)101-48(17-8-11-24-80)69(123)103-51(35-136-141(129,130)131)70(124)104-57(43(3)110)72(126)92-32-55(113)91-33-56(114)98-47(66(120)97-42(2)74(128)108-30-15-21-52(108)71(125)102-50(20-14-26-90-77(85)86)67(121)99-46(63(82)118)16-7-10-23-79)18-9-12-29-107-34-45(105-106-107)37-144-31-28-87-54(112)22-27-88-73(127)61(117)78(5,6)38-138-143(134,135)140-142(132,133)137-36-53-59(115)60(116)75(139-53)109-40-95-58-62(81)93-39-94-64(58)109/h34,39-43,46-53,57,59-61,75,110,115-117H,7-33,35-38,79-80H2,1-6H3,(H2,82,118)(H,87,112)(H,88,127)(H,91,113)(H,92,126)(H,96,111)(H,97,120)(H,98,114)(H,99,121)(H,100,119)(H,101,122)(H,102,125)(H,103,123)(H,104,124)(H,132,133)(H,134,135)(H2,81,93,94)(H4,83,84,89)(H4,85,86,90)(H2,129,130,131)/t41-,42-,43+,46-,47-,48-,49-,50-,51-,52-,53+,57-,59+,60+,61+,75+/m0/s1. The first-order valence-electron chi connectivity index (χ1n) is 45.7. The van der Waals surface area contributed by atoms with Crippen molar-refractivity contribution in [3.63, 3.8) is 0 Å². The second-order valence-electron chi connectivity index (χ2n) is 34.2. The third-order valence-corrected chi connectivity index (χ3v) is 25.8. The van der Waals surface area contributed by atoms with Crippen LogP contribution in [0.1, 0.15) is 156 Å². The molecule has 3 aromatic rings. The number of amides is 15. The van der Waals surface area contributed by atoms with Crippen LogP contribution in [0.25, 0.3) is 11.2 Å². The number of unbranched alkanes of at least 4 members (excludes halogenated alkanes) is 3. The number of rotatable bonds is 67. The largest absolute Gasteiger partial charge is 0.481 e. The summed E-state index contributed by atoms with van der Waals surface area (Å²) >= 11 is 1.35. The number of nitrogen functional groups attached to an aromatic ring is 1. The number of phosphoric acid groups is 3. The highest BCUT2D eigenvalue weighted by Crippen LogP contribution is 2.61. The van der Waals surface area contributed by atoms with Gasteiger partial charge in [0.25, 0.3) is 0 Å². The predicted molar refractivity (Wildman–Crippen MR) is 508 cm³/mol. The van der Waals surface area contributed by atoms with Crippen LogP contribution in [0.3, 0.4) is 0 Å². The van der Waals surface area contributed by atoms with Gasteiger partial charge in [-0.2, -0.15) is 16.1 Å². The Morgan fingerprint density at radius 3 is 1.75 bits per heavy atom. The summed E-state index contributed by atoms with van der Waals surface area (Å²) in [7, 11) is -16.5. The number of aryl methyl sites for hydroxylation is 1. The molecule has 2 saturated heterocycles. The first-order chi connectivity index (χ1) is 67.7. The minimum absolute atomic E-state index is 0.000224. The number of guanidine groups is 2. The van der Waals surface area contributed by atoms with E-state index in [-0.39, 0.29) is 158 Å². The first-order valence-corrected chi connectivity index (χ1v) is 51.4. The number of nitrogens with one attached hydrogen (secondary N) is 13. The van der Waals surface area contributed by atoms with Gasteiger partial charge in [0.2, 0.25) is 88.6 Å². The molecule has 2 aliphatic heterocycles. The molecular formula is C78H136N31O31P3S. The summed E-state index contributed by atoms with van der Waals surface area (Å²) in [5.74, 6) is -13.8. The molecule has 144 heavy (non-hydrogen) atoms. The number of thioether (sulfide) groups is 1. The van der Waals surface area contributed by atoms with Crippen LogP contribution < -0.4 is 115 Å². The lowest BCUT2D eigenvalue weighted by molar-refractivity contribution is -0.142. The van der Waals surface area contributed by atoms with Crippen LogP contribution in [0.2, 0.25) is 0 Å². The Morgan fingerprint density at radius 1 is 0.597 bits per heavy atom. The van der Waals surface area contributed by atoms with Gasteiger partial charge in [-0.3, -0.25) is 105 Å². The number of hydrogen-bond donors (Lipinski definition) is 29. The zero-order chi connectivity index (χ0) is 108. The van der Waals surface area contributed by atoms with Gasteiger partial charge >= 0.3 is 23.5 Å². The highest BCUT2D eigenvalue weighted by Gasteiger charge is 2.48. The van der Waals surface area contributed by atoms with Crippen LogP contribution in [0.4, 0.5) is 5.82 Å². The maximum Gasteiger partial charge on any atom is 0.481 e. The molecule has 37 N–H and O–H groups in total. The molecule has 0 aliphatic carbocycles. The number of imidazole rings is 1. The smallest absolute Gasteiger partial charge is 0.391 e. The van der Waals surface area contributed by atoms with Crippen molar-refractivity contribution in [2.24, 2.45) is 55.5 Å². The van der Waals surface area contributed by atoms with Gasteiger partial charge in [-0.15, -0.1) is 5.10 Å². The second kappa shape index (κ2) is 60.4. The zero-order valence-corrected chi connectivity index (χ0v) is 83.7. The van der Waals surface area contributed by atoms with Crippen molar-refractivity contribution in [1.29, 1.82) is 0 Å². The maximum absolute atomic E-state index is 14.4. The lowest BCUT2D eigenvalue weighted by atomic mass is 9.87. The van der Waals surface area contributed by atoms with E-state index < -0.39 is 248 Å². The molecule has 0 aromatic carbocycles. The summed E-state index contributed by atoms with van der Waals surface area (Å²) in [6.07, 6.45) is -4.34. The molecule has 3 aromatic heterocycles. The number of likely N-dealkylation sites (tertiary alicyclic amines) is 1. The zero-order valence-electron chi connectivity index (χ0n) is 80.2. The molecular weight excluding hydrogens is 1990 g/mol. The summed E-state index contributed by atoms with van der Waals surface area (Å²) in [6.45, 7) is 2.69. The molecule has 18 atom stereocenters. The van der Waals surface area contributed by atoms with Crippen molar-refractivity contribution in [1.82, 2.24) is 109 Å². The van der Waals surface area contributed by atoms with Crippen LogP contribution in [-0.4, -0.2) is 355 Å². The molecule has 0 radical (unpaired) electrons. The number of aliphatic hydroxyl groups is 4. The van der Waals surface area contributed by atoms with Crippen molar-refractivity contribution in [3.8, 4) is 0 Å². The first kappa shape index (κ1) is 123. The Morgan fingerprint density at radius 2 is 1.15 bits per heavy atom. The van der Waals surface area contributed by atoms with E-state index in [1.807, 2.05) is 0 Å². The third-order valence-electron chi connectivity index (χ3n) is 21.7. The van der Waals surface area contributed by atoms with Gasteiger partial charge in [0, 0.05) is 75.7 Å². The molecule has 66 heteroatoms. The van der Waals surface area contributed by atoms with Gasteiger partial charge in [-0.05, 0) is 130 Å². The van der Waals surface area contributed by atoms with E-state index in [9.17, 15) is 126 Å². The number of carbonyl (C=O) groups is 15. The van der Waals surface area contributed by atoms with Crippen molar-refractivity contribution < 1.29 is 148 Å². The second-order valence-corrected chi connectivity index (χ2v) is 39.6. The Balaban J connectivity index is 1.19. The number of fused-ring (bicyclic) bond motifs is 1. The van der Waals surface area contributed by atoms with Crippen LogP contribution in [-0.2, 0) is 121 Å². The number of hydrogen-bond acceptors (Lipinski definition) is 38. The number of primary amides is 1. The number of phosphoric ester groups is 3. The SMILES string of the molecule is CC(=O)N[C@@H](C)C(=O)N[C@@H](CCCN=C(N)N)C(=O)N[C@@H](CCCCN)C(=O)N[C@@H](COP(=O)(O)O)C(=O)N[C@H](C(=O)NCC(=O)NCC(=O)N[C@@H](CCCCn1cc(CSCCNC(=O)CCNC(=O)[C@@H](O)C(C)(C)COP(=O)(O)OP(=O)(O)OC[C@H]2O[C@@H](n3cnc4c(N)ncnc43)[C@H](O)[C@@H]2O)nn1)C(=O)N[C@@H](C)C(=O)N1CCC[C@H]1C(=O)N[C@@H](CCCN=C(N)N)C(=O)N[C@@H](CCCCN)C(N)=O)[C@@H](C)O. The molecule has 15 amide bonds. The van der Waals surface area contributed by atoms with Crippen LogP contribution in [0.15, 0.2) is 28.8 Å². The molecule has 0 spiro atoms. The Bertz CT molecular complexity index is 5030. The average molecular weight is 2130 g/mol. The number of anilines is 1. The highest BCUT2D eigenvalue weighted by molar-refractivity contribution is 7.98. The molecule has 62 nitrogen and oxygen atoms in total. The molecule has 2 unspecified atom stereocenters. The molecule has 5 heterocycles. The van der Waals surface area contributed by atoms with Gasteiger partial charge in [-0.25, -0.2) is 28.6 Å². The number of aromatic nitrogens is 7. The number of nitrogens with zero attached hydrogens (tertiary/aromatic N) is 10. The minimum Gasteiger partial charge on any atom is -0.391 e. The molecule has 0 bridgehead atoms. The summed E-state index contributed by atoms with van der Waals surface area (Å²) in [5, 5.41) is 82.8. The number of carbonyl (C=O) groups excluding carboxylic acids is 15. The Hall–Kier alpha value is -11.5. The summed E-state index contributed by atoms with van der Waals surface area (Å²) in [6, 6.07) is -14.8. The fourth-order valence-electron chi connectivity index (χ4n) is 14.1. The molecule has 2 aliphatic rings. The van der Waals surface area contributed by atoms with Crippen molar-refractivity contribution in [3.05, 3.63) is 24.5 Å². The number of nitrogens with two attached hydrogens (primary N) is 8. The topological polar surface area (TPSA) is 982 Å². The van der Waals surface area contributed by atoms with Crippen LogP contribution >= 0.6 is 35.2 Å². The number of aliphatic imine (C=N–C) groups is 2. The summed E-state index contributed by atoms with van der Waals surface area (Å²) in [4.78, 5) is 264. The lowest BCUT2D eigenvalue weighted by Crippen LogP contribution is -2.61. The van der Waals surface area contributed by atoms with E-state index >= 15 is 0 Å². The van der Waals surface area contributed by atoms with Gasteiger partial charge in [0.05, 0.1) is 51.0 Å². The van der Waals surface area contributed by atoms with E-state index in [0.717, 1.165) is 20.2 Å². The van der Waals surface area contributed by atoms with E-state index in [1.54, 1.807) is 6.20 Å². The normalized spacial score (nSPS) is 18.4. The highest BCUT2D eigenvalue weighted by atomic mass is 32.2. The van der Waals surface area contributed by atoms with Gasteiger partial charge < -0.3 is 165 Å². The van der Waals surface area contributed by atoms with Gasteiger partial charge in [0.1, 0.15) is 96.7 Å². The van der Waals surface area contributed by atoms with E-state index in [0.29, 0.717) is 43.0 Å². The molecule has 0 saturated carbocycles. The van der Waals surface area contributed by atoms with Crippen molar-refractivity contribution in [2.75, 3.05) is 90.2 Å². The van der Waals surface area contributed by atoms with E-state index in [4.69, 9.17) is 59.7 Å². The molecule has 5 rings (SSSR count). The average Bonchev–Trinajstić information content (AvgIpc) is 1.62. The number of aliphatic hydroxyl groups excluding tert-OH is 4. The van der Waals surface area contributed by atoms with Gasteiger partial charge in [0.15, 0.2) is 29.6 Å². The predicted octanol–water partition coefficient (Wildman–Crippen LogP) is -11.0. The molecule has 2 fully saturated rings. The minimum atomic E-state index is -5.52. The van der Waals surface area contributed by atoms with Crippen LogP contribution in [0.5, 0.6) is 0 Å². The number of ether oxygens (including phenoxy) is 1. The summed E-state index contributed by atoms with van der Waals surface area (Å²) in [5.41, 5.74) is 43.7. The Labute approximate surface area is 829 Å². The van der Waals surface area contributed by atoms with Gasteiger partial charge in [-0.1, -0.05) is 19.1 Å². The van der Waals surface area contributed by atoms with Crippen LogP contribution in [0, 0.1) is 5.41 Å². The maximum atomic E-state index is 14.4. The third kappa shape index (κ3) is 43.4. The quantitative estimate of drug-likeness (QED) is 0.0108. The fourth-order valence-corrected chi connectivity index (χ4v) is 17.4. The summed E-state index contributed by atoms with van der Waals surface area (Å²) < 4.78 is 64.5. The monoisotopic (exact) mass is 2130 g/mol. The van der Waals surface area contributed by atoms with E-state index in [1.165, 1.54) is 59.9 Å². The van der Waals surface area contributed by atoms with Crippen molar-refractivity contribution in [2.45, 2.75) is 254 Å². The lowest BCUT2D eigenvalue weighted by Gasteiger charge is -2.30. The Kier molecular flexibility index (Phi) is 51.6. The fraction of sp³-hybridized carbons (Fsp3) is 0.692.